The lowest BCUT2D eigenvalue weighted by molar-refractivity contribution is 0.0999. The highest BCUT2D eigenvalue weighted by atomic mass is 127. The zero-order valence-electron chi connectivity index (χ0n) is 16.1. The first-order chi connectivity index (χ1) is 15.2. The molecule has 1 aromatic heterocycles. The van der Waals surface area contributed by atoms with Crippen molar-refractivity contribution < 1.29 is 28.2 Å². The molecular formula is C22H14F2IN3O4. The summed E-state index contributed by atoms with van der Waals surface area (Å²) in [6, 6.07) is 12.5. The molecule has 0 spiro atoms. The van der Waals surface area contributed by atoms with Crippen LogP contribution in [0, 0.1) is 15.2 Å². The van der Waals surface area contributed by atoms with E-state index < -0.39 is 23.6 Å². The maximum atomic E-state index is 14.4. The minimum Gasteiger partial charge on any atom is -0.464 e. The number of anilines is 2. The van der Waals surface area contributed by atoms with E-state index in [1.165, 1.54) is 30.5 Å². The number of carbonyl (C=O) groups is 2. The summed E-state index contributed by atoms with van der Waals surface area (Å²) in [4.78, 5) is 23.6. The van der Waals surface area contributed by atoms with E-state index in [2.05, 4.69) is 5.32 Å². The maximum absolute atomic E-state index is 14.4. The van der Waals surface area contributed by atoms with E-state index in [1.807, 2.05) is 22.6 Å². The molecule has 0 aliphatic rings. The molecule has 4 N–H and O–H groups in total. The average Bonchev–Trinajstić information content (AvgIpc) is 3.13. The van der Waals surface area contributed by atoms with Crippen molar-refractivity contribution in [3.8, 4) is 11.5 Å². The van der Waals surface area contributed by atoms with Crippen molar-refractivity contribution in [3.05, 3.63) is 81.6 Å². The number of primary amides is 1. The fourth-order valence-corrected chi connectivity index (χ4v) is 3.67. The second kappa shape index (κ2) is 8.46. The summed E-state index contributed by atoms with van der Waals surface area (Å²) in [5.74, 6) is -2.34. The van der Waals surface area contributed by atoms with E-state index in [0.717, 1.165) is 16.7 Å². The molecule has 0 bridgehead atoms. The van der Waals surface area contributed by atoms with Gasteiger partial charge >= 0.3 is 6.09 Å². The lowest BCUT2D eigenvalue weighted by atomic mass is 10.1. The number of carboxylic acid groups (broad SMARTS) is 1. The smallest absolute Gasteiger partial charge is 0.416 e. The van der Waals surface area contributed by atoms with Crippen LogP contribution in [0.15, 0.2) is 60.8 Å². The number of hydrogen-bond donors (Lipinski definition) is 3. The number of nitrogens with one attached hydrogen (secondary N) is 1. The van der Waals surface area contributed by atoms with Crippen molar-refractivity contribution in [2.75, 3.05) is 5.32 Å². The van der Waals surface area contributed by atoms with Crippen molar-refractivity contribution in [1.29, 1.82) is 0 Å². The highest BCUT2D eigenvalue weighted by Gasteiger charge is 2.20. The Morgan fingerprint density at radius 1 is 1.03 bits per heavy atom. The second-order valence-corrected chi connectivity index (χ2v) is 7.98. The van der Waals surface area contributed by atoms with Gasteiger partial charge in [-0.3, -0.25) is 9.36 Å². The van der Waals surface area contributed by atoms with Gasteiger partial charge in [-0.1, -0.05) is 0 Å². The van der Waals surface area contributed by atoms with Gasteiger partial charge in [0.15, 0.2) is 0 Å². The molecule has 0 radical (unpaired) electrons. The predicted molar refractivity (Wildman–Crippen MR) is 123 cm³/mol. The van der Waals surface area contributed by atoms with Crippen LogP contribution >= 0.6 is 22.6 Å². The van der Waals surface area contributed by atoms with Gasteiger partial charge in [0, 0.05) is 27.3 Å². The van der Waals surface area contributed by atoms with Crippen LogP contribution in [0.1, 0.15) is 10.4 Å². The number of halogens is 3. The van der Waals surface area contributed by atoms with Gasteiger partial charge in [0.25, 0.3) is 5.91 Å². The van der Waals surface area contributed by atoms with Gasteiger partial charge in [-0.2, -0.15) is 0 Å². The number of aromatic nitrogens is 1. The Morgan fingerprint density at radius 2 is 1.81 bits per heavy atom. The third kappa shape index (κ3) is 4.21. The number of benzene rings is 3. The molecular weight excluding hydrogens is 535 g/mol. The van der Waals surface area contributed by atoms with E-state index >= 15 is 0 Å². The van der Waals surface area contributed by atoms with Gasteiger partial charge in [0.05, 0.1) is 16.9 Å². The fourth-order valence-electron chi connectivity index (χ4n) is 3.22. The van der Waals surface area contributed by atoms with Crippen LogP contribution in [-0.4, -0.2) is 21.7 Å². The summed E-state index contributed by atoms with van der Waals surface area (Å²) >= 11 is 1.94. The van der Waals surface area contributed by atoms with Crippen LogP contribution in [-0.2, 0) is 0 Å². The molecule has 32 heavy (non-hydrogen) atoms. The van der Waals surface area contributed by atoms with Crippen LogP contribution in [0.2, 0.25) is 0 Å². The van der Waals surface area contributed by atoms with Crippen molar-refractivity contribution in [1.82, 2.24) is 4.57 Å². The van der Waals surface area contributed by atoms with Crippen LogP contribution < -0.4 is 15.8 Å². The summed E-state index contributed by atoms with van der Waals surface area (Å²) < 4.78 is 36.0. The molecule has 3 aromatic carbocycles. The number of ether oxygens (including phenoxy) is 1. The number of carbonyl (C=O) groups excluding carboxylic acids is 1. The normalized spacial score (nSPS) is 10.8. The van der Waals surface area contributed by atoms with Crippen molar-refractivity contribution in [2.45, 2.75) is 0 Å². The van der Waals surface area contributed by atoms with E-state index in [1.54, 1.807) is 18.2 Å². The Bertz CT molecular complexity index is 1390. The predicted octanol–water partition coefficient (Wildman–Crippen LogP) is 5.69. The minimum atomic E-state index is -1.19. The quantitative estimate of drug-likeness (QED) is 0.278. The van der Waals surface area contributed by atoms with E-state index in [4.69, 9.17) is 10.5 Å². The average molecular weight is 549 g/mol. The fraction of sp³-hybridized carbons (Fsp3) is 0. The van der Waals surface area contributed by atoms with Gasteiger partial charge in [0.1, 0.15) is 28.7 Å². The van der Waals surface area contributed by atoms with E-state index in [0.29, 0.717) is 14.5 Å². The molecule has 7 nitrogen and oxygen atoms in total. The van der Waals surface area contributed by atoms with Crippen molar-refractivity contribution in [3.63, 3.8) is 0 Å². The number of hydrogen-bond acceptors (Lipinski definition) is 4. The summed E-state index contributed by atoms with van der Waals surface area (Å²) in [6.07, 6.45) is 0.192. The summed E-state index contributed by atoms with van der Waals surface area (Å²) in [5.41, 5.74) is 5.60. The van der Waals surface area contributed by atoms with Gasteiger partial charge in [-0.05, 0) is 65.1 Å². The lowest BCUT2D eigenvalue weighted by Crippen LogP contribution is -2.15. The summed E-state index contributed by atoms with van der Waals surface area (Å²) in [5, 5.41) is 12.6. The topological polar surface area (TPSA) is 107 Å². The SMILES string of the molecule is NC(=O)c1c(Nc2ccc(I)cc2F)cc(F)cc1Oc1ccc2ccn(C(=O)O)c2c1. The lowest BCUT2D eigenvalue weighted by Gasteiger charge is -2.16. The summed E-state index contributed by atoms with van der Waals surface area (Å²) in [6.45, 7) is 0. The molecule has 0 aliphatic carbocycles. The molecule has 0 unspecified atom stereocenters. The zero-order valence-corrected chi connectivity index (χ0v) is 18.3. The first kappa shape index (κ1) is 21.6. The summed E-state index contributed by atoms with van der Waals surface area (Å²) in [7, 11) is 0. The van der Waals surface area contributed by atoms with Gasteiger partial charge in [0.2, 0.25) is 0 Å². The molecule has 0 saturated heterocycles. The third-order valence-electron chi connectivity index (χ3n) is 4.61. The van der Waals surface area contributed by atoms with Gasteiger partial charge < -0.3 is 20.9 Å². The van der Waals surface area contributed by atoms with E-state index in [9.17, 15) is 23.5 Å². The molecule has 10 heteroatoms. The van der Waals surface area contributed by atoms with Crippen molar-refractivity contribution in [2.24, 2.45) is 5.73 Å². The van der Waals surface area contributed by atoms with Gasteiger partial charge in [-0.25, -0.2) is 13.6 Å². The highest BCUT2D eigenvalue weighted by molar-refractivity contribution is 14.1. The van der Waals surface area contributed by atoms with Crippen LogP contribution in [0.3, 0.4) is 0 Å². The Hall–Kier alpha value is -3.67. The number of nitrogens with two attached hydrogens (primary N) is 1. The Balaban J connectivity index is 1.77. The molecule has 1 amide bonds. The number of nitrogens with zero attached hydrogens (tertiary/aromatic N) is 1. The standard InChI is InChI=1S/C22H14F2IN3O4/c23-12-7-17(27-16-4-2-13(25)9-15(16)24)20(21(26)29)19(8-12)32-14-3-1-11-5-6-28(22(30)31)18(11)10-14/h1-10,27H,(H2,26,29)(H,30,31). The highest BCUT2D eigenvalue weighted by Crippen LogP contribution is 2.35. The molecule has 1 heterocycles. The first-order valence-corrected chi connectivity index (χ1v) is 10.2. The Kier molecular flexibility index (Phi) is 5.70. The monoisotopic (exact) mass is 549 g/mol. The molecule has 4 rings (SSSR count). The number of fused-ring (bicyclic) bond motifs is 1. The molecule has 0 aliphatic heterocycles. The molecule has 0 saturated carbocycles. The third-order valence-corrected chi connectivity index (χ3v) is 5.28. The number of rotatable bonds is 5. The Morgan fingerprint density at radius 3 is 2.50 bits per heavy atom. The Labute approximate surface area is 193 Å². The first-order valence-electron chi connectivity index (χ1n) is 9.10. The van der Waals surface area contributed by atoms with Crippen LogP contribution in [0.5, 0.6) is 11.5 Å². The number of amides is 1. The van der Waals surface area contributed by atoms with Crippen molar-refractivity contribution >= 4 is 56.9 Å². The van der Waals surface area contributed by atoms with Crippen LogP contribution in [0.4, 0.5) is 25.0 Å². The minimum absolute atomic E-state index is 0.0187. The molecule has 0 fully saturated rings. The van der Waals surface area contributed by atoms with Gasteiger partial charge in [-0.15, -0.1) is 0 Å². The largest absolute Gasteiger partial charge is 0.464 e. The zero-order chi connectivity index (χ0) is 23.0. The molecule has 0 atom stereocenters. The van der Waals surface area contributed by atoms with E-state index in [-0.39, 0.29) is 28.4 Å². The molecule has 162 valence electrons. The maximum Gasteiger partial charge on any atom is 0.416 e. The second-order valence-electron chi connectivity index (χ2n) is 6.73. The molecule has 4 aromatic rings. The van der Waals surface area contributed by atoms with Crippen LogP contribution in [0.25, 0.3) is 10.9 Å².